The molecule has 0 unspecified atom stereocenters. The topological polar surface area (TPSA) is 62.4 Å². The summed E-state index contributed by atoms with van der Waals surface area (Å²) < 4.78 is 4.93. The minimum absolute atomic E-state index is 0.209. The van der Waals surface area contributed by atoms with Gasteiger partial charge in [-0.3, -0.25) is 4.90 Å². The molecule has 0 aliphatic carbocycles. The molecular formula is C14H19N3O2S. The van der Waals surface area contributed by atoms with Crippen LogP contribution in [0.25, 0.3) is 10.7 Å². The Kier molecular flexibility index (Phi) is 4.44. The molecule has 0 bridgehead atoms. The van der Waals surface area contributed by atoms with Crippen molar-refractivity contribution in [2.45, 2.75) is 38.8 Å². The number of nitrogens with zero attached hydrogens (tertiary/aromatic N) is 3. The Morgan fingerprint density at radius 3 is 2.70 bits per heavy atom. The molecule has 6 heteroatoms. The van der Waals surface area contributed by atoms with Gasteiger partial charge >= 0.3 is 0 Å². The molecule has 1 fully saturated rings. The Balaban J connectivity index is 1.66. The lowest BCUT2D eigenvalue weighted by atomic mass is 10.2. The third-order valence-corrected chi connectivity index (χ3v) is 4.63. The van der Waals surface area contributed by atoms with E-state index in [4.69, 9.17) is 9.63 Å². The average Bonchev–Trinajstić information content (AvgIpc) is 3.04. The van der Waals surface area contributed by atoms with Gasteiger partial charge in [0, 0.05) is 11.4 Å². The van der Waals surface area contributed by atoms with Crippen LogP contribution in [0.5, 0.6) is 0 Å². The maximum Gasteiger partial charge on any atom is 0.252 e. The number of likely N-dealkylation sites (tertiary alicyclic amines) is 1. The van der Waals surface area contributed by atoms with E-state index in [2.05, 4.69) is 21.1 Å². The molecule has 1 N–H and O–H groups in total. The summed E-state index contributed by atoms with van der Waals surface area (Å²) in [4.78, 5) is 9.00. The van der Waals surface area contributed by atoms with Crippen molar-refractivity contribution in [1.82, 2.24) is 15.0 Å². The third-order valence-electron chi connectivity index (χ3n) is 3.56. The molecule has 0 aromatic carbocycles. The van der Waals surface area contributed by atoms with Crippen molar-refractivity contribution in [2.24, 2.45) is 0 Å². The van der Waals surface area contributed by atoms with Gasteiger partial charge in [-0.15, -0.1) is 11.3 Å². The van der Waals surface area contributed by atoms with E-state index < -0.39 is 0 Å². The van der Waals surface area contributed by atoms with E-state index in [9.17, 15) is 0 Å². The van der Waals surface area contributed by atoms with Crippen molar-refractivity contribution in [3.05, 3.63) is 22.9 Å². The molecule has 2 aromatic rings. The first-order valence-electron chi connectivity index (χ1n) is 7.10. The molecule has 0 radical (unpaired) electrons. The molecule has 1 saturated heterocycles. The third kappa shape index (κ3) is 3.26. The van der Waals surface area contributed by atoms with Gasteiger partial charge in [-0.2, -0.15) is 4.98 Å². The van der Waals surface area contributed by atoms with E-state index in [1.165, 1.54) is 43.6 Å². The van der Waals surface area contributed by atoms with Gasteiger partial charge in [-0.1, -0.05) is 18.0 Å². The summed E-state index contributed by atoms with van der Waals surface area (Å²) in [6.45, 7) is 3.20. The van der Waals surface area contributed by atoms with E-state index in [0.717, 1.165) is 11.4 Å². The highest BCUT2D eigenvalue weighted by Crippen LogP contribution is 2.27. The van der Waals surface area contributed by atoms with Crippen molar-refractivity contribution < 1.29 is 9.63 Å². The van der Waals surface area contributed by atoms with Crippen LogP contribution in [0, 0.1) is 0 Å². The van der Waals surface area contributed by atoms with Gasteiger partial charge in [-0.05, 0) is 38.1 Å². The number of hydrogen-bond acceptors (Lipinski definition) is 6. The maximum absolute atomic E-state index is 8.95. The number of hydrogen-bond donors (Lipinski definition) is 1. The number of aliphatic hydroxyl groups is 1. The predicted molar refractivity (Wildman–Crippen MR) is 77.3 cm³/mol. The summed E-state index contributed by atoms with van der Waals surface area (Å²) in [6, 6.07) is 4.17. The van der Waals surface area contributed by atoms with Crippen LogP contribution in [-0.4, -0.2) is 33.2 Å². The summed E-state index contributed by atoms with van der Waals surface area (Å²) in [6.07, 6.45) is 5.34. The molecule has 1 aliphatic heterocycles. The molecule has 108 valence electrons. The second-order valence-electron chi connectivity index (χ2n) is 5.13. The lowest BCUT2D eigenvalue weighted by Gasteiger charge is -2.18. The molecule has 0 amide bonds. The molecule has 5 nitrogen and oxygen atoms in total. The van der Waals surface area contributed by atoms with Gasteiger partial charge in [0.25, 0.3) is 5.89 Å². The molecule has 3 rings (SSSR count). The summed E-state index contributed by atoms with van der Waals surface area (Å²) in [5.74, 6) is 0.837. The Hall–Kier alpha value is -1.24. The van der Waals surface area contributed by atoms with E-state index >= 15 is 0 Å². The van der Waals surface area contributed by atoms with Crippen molar-refractivity contribution in [1.29, 1.82) is 0 Å². The Bertz CT molecular complexity index is 544. The van der Waals surface area contributed by atoms with Crippen LogP contribution in [0.4, 0.5) is 0 Å². The van der Waals surface area contributed by atoms with Gasteiger partial charge in [0.2, 0.25) is 5.82 Å². The molecule has 0 saturated carbocycles. The maximum atomic E-state index is 8.95. The van der Waals surface area contributed by atoms with Crippen molar-refractivity contribution in [3.63, 3.8) is 0 Å². The van der Waals surface area contributed by atoms with E-state index in [1.807, 2.05) is 6.07 Å². The fourth-order valence-corrected chi connectivity index (χ4v) is 3.49. The quantitative estimate of drug-likeness (QED) is 0.939. The minimum atomic E-state index is -0.209. The highest BCUT2D eigenvalue weighted by molar-refractivity contribution is 7.15. The van der Waals surface area contributed by atoms with Crippen molar-refractivity contribution >= 4 is 11.3 Å². The zero-order chi connectivity index (χ0) is 13.8. The molecular weight excluding hydrogens is 274 g/mol. The van der Waals surface area contributed by atoms with Crippen LogP contribution >= 0.6 is 11.3 Å². The number of rotatable bonds is 4. The normalized spacial score (nSPS) is 17.2. The van der Waals surface area contributed by atoms with E-state index in [1.54, 1.807) is 11.3 Å². The average molecular weight is 293 g/mol. The number of aromatic nitrogens is 2. The predicted octanol–water partition coefficient (Wildman–Crippen LogP) is 2.67. The molecule has 3 heterocycles. The highest BCUT2D eigenvalue weighted by Gasteiger charge is 2.13. The summed E-state index contributed by atoms with van der Waals surface area (Å²) in [7, 11) is 0. The summed E-state index contributed by atoms with van der Waals surface area (Å²) in [5.41, 5.74) is 0. The standard InChI is InChI=1S/C14H19N3O2S/c18-10-13-15-14(16-19-13)12-6-5-11(20-12)9-17-7-3-1-2-4-8-17/h5-6,18H,1-4,7-10H2. The van der Waals surface area contributed by atoms with E-state index in [0.29, 0.717) is 5.82 Å². The van der Waals surface area contributed by atoms with Crippen LogP contribution in [0.2, 0.25) is 0 Å². The van der Waals surface area contributed by atoms with Crippen LogP contribution in [0.3, 0.4) is 0 Å². The fraction of sp³-hybridized carbons (Fsp3) is 0.571. The lowest BCUT2D eigenvalue weighted by Crippen LogP contribution is -2.23. The van der Waals surface area contributed by atoms with Crippen molar-refractivity contribution in [2.75, 3.05) is 13.1 Å². The van der Waals surface area contributed by atoms with E-state index in [-0.39, 0.29) is 12.5 Å². The minimum Gasteiger partial charge on any atom is -0.387 e. The van der Waals surface area contributed by atoms with Crippen LogP contribution in [-0.2, 0) is 13.2 Å². The zero-order valence-corrected chi connectivity index (χ0v) is 12.2. The zero-order valence-electron chi connectivity index (χ0n) is 11.4. The Morgan fingerprint density at radius 1 is 1.20 bits per heavy atom. The summed E-state index contributed by atoms with van der Waals surface area (Å²) >= 11 is 1.70. The van der Waals surface area contributed by atoms with Gasteiger partial charge in [0.1, 0.15) is 6.61 Å². The second kappa shape index (κ2) is 6.47. The van der Waals surface area contributed by atoms with Gasteiger partial charge < -0.3 is 9.63 Å². The highest BCUT2D eigenvalue weighted by atomic mass is 32.1. The summed E-state index contributed by atoms with van der Waals surface area (Å²) in [5, 5.41) is 12.8. The van der Waals surface area contributed by atoms with Crippen molar-refractivity contribution in [3.8, 4) is 10.7 Å². The number of aliphatic hydroxyl groups excluding tert-OH is 1. The molecule has 1 aliphatic rings. The Labute approximate surface area is 122 Å². The van der Waals surface area contributed by atoms with Gasteiger partial charge in [0.15, 0.2) is 0 Å². The van der Waals surface area contributed by atoms with Crippen LogP contribution in [0.15, 0.2) is 16.7 Å². The fourth-order valence-electron chi connectivity index (χ4n) is 2.52. The smallest absolute Gasteiger partial charge is 0.252 e. The van der Waals surface area contributed by atoms with Gasteiger partial charge in [0.05, 0.1) is 4.88 Å². The molecule has 2 aromatic heterocycles. The SMILES string of the molecule is OCc1nc(-c2ccc(CN3CCCCCC3)s2)no1. The van der Waals surface area contributed by atoms with Gasteiger partial charge in [-0.25, -0.2) is 0 Å². The second-order valence-corrected chi connectivity index (χ2v) is 6.29. The first-order valence-corrected chi connectivity index (χ1v) is 7.91. The number of thiophene rings is 1. The monoisotopic (exact) mass is 293 g/mol. The molecule has 0 atom stereocenters. The first-order chi connectivity index (χ1) is 9.85. The molecule has 0 spiro atoms. The van der Waals surface area contributed by atoms with Crippen LogP contribution < -0.4 is 0 Å². The molecule has 20 heavy (non-hydrogen) atoms. The largest absolute Gasteiger partial charge is 0.387 e. The first kappa shape index (κ1) is 13.7. The van der Waals surface area contributed by atoms with Crippen LogP contribution in [0.1, 0.15) is 36.5 Å². The Morgan fingerprint density at radius 2 is 2.00 bits per heavy atom. The lowest BCUT2D eigenvalue weighted by molar-refractivity contribution is 0.222.